The number of nitrogens with zero attached hydrogens (tertiary/aromatic N) is 3. The summed E-state index contributed by atoms with van der Waals surface area (Å²) in [7, 11) is 0. The maximum atomic E-state index is 12.1. The van der Waals surface area contributed by atoms with Crippen LogP contribution < -0.4 is 11.1 Å². The van der Waals surface area contributed by atoms with E-state index in [1.165, 1.54) is 0 Å². The highest BCUT2D eigenvalue weighted by Crippen LogP contribution is 2.21. The molecule has 0 spiro atoms. The van der Waals surface area contributed by atoms with Gasteiger partial charge in [0, 0.05) is 30.6 Å². The zero-order chi connectivity index (χ0) is 16.1. The molecule has 1 aliphatic rings. The molecule has 1 atom stereocenters. The Labute approximate surface area is 151 Å². The highest BCUT2D eigenvalue weighted by atomic mass is 35.5. The zero-order valence-electron chi connectivity index (χ0n) is 13.3. The molecule has 3 N–H and O–H groups in total. The van der Waals surface area contributed by atoms with Crippen molar-refractivity contribution in [3.63, 3.8) is 0 Å². The largest absolute Gasteiger partial charge is 0.355 e. The lowest BCUT2D eigenvalue weighted by Crippen LogP contribution is -2.43. The predicted molar refractivity (Wildman–Crippen MR) is 94.9 cm³/mol. The van der Waals surface area contributed by atoms with Crippen molar-refractivity contribution in [1.29, 1.82) is 0 Å². The van der Waals surface area contributed by atoms with Crippen molar-refractivity contribution in [2.75, 3.05) is 26.2 Å². The molecule has 1 amide bonds. The molecule has 3 rings (SSSR count). The van der Waals surface area contributed by atoms with Crippen LogP contribution >= 0.6 is 23.7 Å². The van der Waals surface area contributed by atoms with E-state index < -0.39 is 0 Å². The predicted octanol–water partition coefficient (Wildman–Crippen LogP) is 1.51. The number of hydrogen-bond acceptors (Lipinski definition) is 7. The fraction of sp³-hybridized carbons (Fsp3) is 0.533. The van der Waals surface area contributed by atoms with Gasteiger partial charge < -0.3 is 15.6 Å². The Kier molecular flexibility index (Phi) is 7.16. The average Bonchev–Trinajstić information content (AvgIpc) is 3.24. The molecule has 1 fully saturated rings. The van der Waals surface area contributed by atoms with Crippen LogP contribution in [0.1, 0.15) is 18.7 Å². The van der Waals surface area contributed by atoms with Crippen LogP contribution in [-0.2, 0) is 11.3 Å². The van der Waals surface area contributed by atoms with E-state index in [1.54, 1.807) is 11.3 Å². The number of amides is 1. The summed E-state index contributed by atoms with van der Waals surface area (Å²) in [6.07, 6.45) is 1.91. The van der Waals surface area contributed by atoms with Crippen LogP contribution in [0.25, 0.3) is 11.4 Å². The molecule has 24 heavy (non-hydrogen) atoms. The van der Waals surface area contributed by atoms with Crippen molar-refractivity contribution < 1.29 is 9.32 Å². The minimum atomic E-state index is 0. The number of rotatable bonds is 6. The van der Waals surface area contributed by atoms with Crippen LogP contribution in [0.4, 0.5) is 0 Å². The second-order valence-electron chi connectivity index (χ2n) is 5.68. The summed E-state index contributed by atoms with van der Waals surface area (Å²) in [6.45, 7) is 3.24. The number of nitrogens with two attached hydrogens (primary N) is 1. The highest BCUT2D eigenvalue weighted by molar-refractivity contribution is 7.08. The van der Waals surface area contributed by atoms with Gasteiger partial charge in [-0.3, -0.25) is 9.69 Å². The molecule has 1 saturated heterocycles. The fourth-order valence-electron chi connectivity index (χ4n) is 2.77. The topological polar surface area (TPSA) is 97.3 Å². The van der Waals surface area contributed by atoms with Crippen LogP contribution in [0.15, 0.2) is 21.3 Å². The van der Waals surface area contributed by atoms with Gasteiger partial charge in [0.2, 0.25) is 17.6 Å². The Morgan fingerprint density at radius 2 is 2.42 bits per heavy atom. The average molecular weight is 372 g/mol. The number of piperidine rings is 1. The molecule has 2 aromatic rings. The smallest absolute Gasteiger partial charge is 0.241 e. The highest BCUT2D eigenvalue weighted by Gasteiger charge is 2.26. The quantitative estimate of drug-likeness (QED) is 0.798. The SMILES string of the molecule is Cl.NCCNC(=O)C1CCCN(Cc2nc(-c3ccsc3)no2)C1. The third kappa shape index (κ3) is 4.76. The molecule has 0 saturated carbocycles. The van der Waals surface area contributed by atoms with E-state index in [2.05, 4.69) is 20.4 Å². The Balaban J connectivity index is 0.00000208. The van der Waals surface area contributed by atoms with E-state index in [0.29, 0.717) is 37.9 Å². The lowest BCUT2D eigenvalue weighted by atomic mass is 9.97. The third-order valence-corrected chi connectivity index (χ3v) is 4.61. The summed E-state index contributed by atoms with van der Waals surface area (Å²) in [5.74, 6) is 1.31. The first-order valence-corrected chi connectivity index (χ1v) is 8.76. The van der Waals surface area contributed by atoms with Gasteiger partial charge in [-0.05, 0) is 30.8 Å². The summed E-state index contributed by atoms with van der Waals surface area (Å²) >= 11 is 1.60. The van der Waals surface area contributed by atoms with Crippen LogP contribution in [-0.4, -0.2) is 47.1 Å². The zero-order valence-corrected chi connectivity index (χ0v) is 14.9. The van der Waals surface area contributed by atoms with E-state index in [1.807, 2.05) is 16.8 Å². The maximum Gasteiger partial charge on any atom is 0.241 e. The third-order valence-electron chi connectivity index (χ3n) is 3.93. The van der Waals surface area contributed by atoms with Gasteiger partial charge in [-0.2, -0.15) is 16.3 Å². The number of thiophene rings is 1. The van der Waals surface area contributed by atoms with Crippen LogP contribution in [0, 0.1) is 5.92 Å². The van der Waals surface area contributed by atoms with Gasteiger partial charge in [0.15, 0.2) is 0 Å². The van der Waals surface area contributed by atoms with E-state index in [0.717, 1.165) is 24.9 Å². The molecule has 7 nitrogen and oxygen atoms in total. The molecule has 9 heteroatoms. The first-order chi connectivity index (χ1) is 11.3. The normalized spacial score (nSPS) is 18.1. The number of carbonyl (C=O) groups excluding carboxylic acids is 1. The maximum absolute atomic E-state index is 12.1. The van der Waals surface area contributed by atoms with Gasteiger partial charge in [-0.15, -0.1) is 12.4 Å². The number of likely N-dealkylation sites (tertiary alicyclic amines) is 1. The lowest BCUT2D eigenvalue weighted by molar-refractivity contribution is -0.126. The van der Waals surface area contributed by atoms with Crippen molar-refractivity contribution in [3.8, 4) is 11.4 Å². The van der Waals surface area contributed by atoms with Gasteiger partial charge >= 0.3 is 0 Å². The molecular weight excluding hydrogens is 350 g/mol. The Hall–Kier alpha value is -1.48. The number of aromatic nitrogens is 2. The summed E-state index contributed by atoms with van der Waals surface area (Å²) in [4.78, 5) is 18.7. The molecule has 0 radical (unpaired) electrons. The molecular formula is C15H22ClN5O2S. The first kappa shape index (κ1) is 18.9. The summed E-state index contributed by atoms with van der Waals surface area (Å²) in [6, 6.07) is 1.97. The Morgan fingerprint density at radius 3 is 3.17 bits per heavy atom. The summed E-state index contributed by atoms with van der Waals surface area (Å²) in [5.41, 5.74) is 6.40. The van der Waals surface area contributed by atoms with Gasteiger partial charge in [-0.1, -0.05) is 5.16 Å². The summed E-state index contributed by atoms with van der Waals surface area (Å²) in [5, 5.41) is 10.9. The minimum absolute atomic E-state index is 0. The second kappa shape index (κ2) is 9.12. The van der Waals surface area contributed by atoms with E-state index in [4.69, 9.17) is 10.3 Å². The van der Waals surface area contributed by atoms with Gasteiger partial charge in [-0.25, -0.2) is 0 Å². The number of halogens is 1. The van der Waals surface area contributed by atoms with E-state index in [-0.39, 0.29) is 24.2 Å². The monoisotopic (exact) mass is 371 g/mol. The van der Waals surface area contributed by atoms with Crippen molar-refractivity contribution in [3.05, 3.63) is 22.7 Å². The van der Waals surface area contributed by atoms with E-state index in [9.17, 15) is 4.79 Å². The van der Waals surface area contributed by atoms with Crippen molar-refractivity contribution >= 4 is 29.7 Å². The van der Waals surface area contributed by atoms with E-state index >= 15 is 0 Å². The number of carbonyl (C=O) groups is 1. The fourth-order valence-corrected chi connectivity index (χ4v) is 3.41. The standard InChI is InChI=1S/C15H21N5O2S.ClH/c16-4-5-17-15(21)11-2-1-6-20(8-11)9-13-18-14(19-22-13)12-3-7-23-10-12;/h3,7,10-11H,1-2,4-6,8-9,16H2,(H,17,21);1H. The molecule has 3 heterocycles. The Morgan fingerprint density at radius 1 is 1.54 bits per heavy atom. The van der Waals surface area contributed by atoms with Crippen molar-refractivity contribution in [2.24, 2.45) is 11.7 Å². The first-order valence-electron chi connectivity index (χ1n) is 7.81. The Bertz CT molecular complexity index is 634. The molecule has 1 aliphatic heterocycles. The molecule has 132 valence electrons. The second-order valence-corrected chi connectivity index (χ2v) is 6.46. The number of hydrogen-bond donors (Lipinski definition) is 2. The molecule has 1 unspecified atom stereocenters. The van der Waals surface area contributed by atoms with Crippen LogP contribution in [0.5, 0.6) is 0 Å². The van der Waals surface area contributed by atoms with Gasteiger partial charge in [0.25, 0.3) is 0 Å². The molecule has 0 bridgehead atoms. The van der Waals surface area contributed by atoms with Gasteiger partial charge in [0.05, 0.1) is 12.5 Å². The summed E-state index contributed by atoms with van der Waals surface area (Å²) < 4.78 is 5.34. The molecule has 0 aromatic carbocycles. The number of nitrogens with one attached hydrogen (secondary N) is 1. The van der Waals surface area contributed by atoms with Gasteiger partial charge in [0.1, 0.15) is 0 Å². The lowest BCUT2D eigenvalue weighted by Gasteiger charge is -2.30. The van der Waals surface area contributed by atoms with Crippen molar-refractivity contribution in [2.45, 2.75) is 19.4 Å². The molecule has 0 aliphatic carbocycles. The minimum Gasteiger partial charge on any atom is -0.355 e. The van der Waals surface area contributed by atoms with Crippen molar-refractivity contribution in [1.82, 2.24) is 20.4 Å². The van der Waals surface area contributed by atoms with Crippen LogP contribution in [0.2, 0.25) is 0 Å². The molecule has 2 aromatic heterocycles. The van der Waals surface area contributed by atoms with Crippen LogP contribution in [0.3, 0.4) is 0 Å².